The fourth-order valence-electron chi connectivity index (χ4n) is 3.39. The van der Waals surface area contributed by atoms with Crippen LogP contribution in [0.15, 0.2) is 52.7 Å². The Bertz CT molecular complexity index is 969. The van der Waals surface area contributed by atoms with Gasteiger partial charge in [-0.15, -0.1) is 0 Å². The number of aromatic nitrogens is 1. The summed E-state index contributed by atoms with van der Waals surface area (Å²) in [6, 6.07) is 11.5. The lowest BCUT2D eigenvalue weighted by Crippen LogP contribution is -2.40. The third-order valence-corrected chi connectivity index (χ3v) is 5.23. The average Bonchev–Trinajstić information content (AvgIpc) is 3.22. The molecule has 0 radical (unpaired) electrons. The van der Waals surface area contributed by atoms with Gasteiger partial charge in [-0.3, -0.25) is 0 Å². The first kappa shape index (κ1) is 21.1. The zero-order valence-electron chi connectivity index (χ0n) is 18.2. The van der Waals surface area contributed by atoms with Crippen LogP contribution in [-0.2, 0) is 16.1 Å². The Balaban J connectivity index is 1.27. The number of para-hydroxylation sites is 1. The molecule has 0 fully saturated rings. The van der Waals surface area contributed by atoms with Gasteiger partial charge in [0.1, 0.15) is 5.75 Å². The van der Waals surface area contributed by atoms with Gasteiger partial charge in [0.05, 0.1) is 30.8 Å². The Hall–Kier alpha value is -3.13. The number of benzene rings is 1. The van der Waals surface area contributed by atoms with E-state index in [0.717, 1.165) is 29.1 Å². The molecule has 0 saturated heterocycles. The standard InChI is InChI=1S/C23H29N5O3/c1-23(2,3)20-12-18(31-27-20)15-29-10-9-28-14-16-11-21(25-13-19(16)26-22(28)24)30-17-7-5-4-6-8-17/h4-8,11,13,18H,9-10,12,14-15H2,1-3H3,(H2,24,26). The van der Waals surface area contributed by atoms with Crippen molar-refractivity contribution in [1.82, 2.24) is 9.88 Å². The maximum atomic E-state index is 6.14. The highest BCUT2D eigenvalue weighted by atomic mass is 16.7. The highest BCUT2D eigenvalue weighted by Gasteiger charge is 2.29. The molecule has 0 spiro atoms. The number of hydrogen-bond donors (Lipinski definition) is 1. The summed E-state index contributed by atoms with van der Waals surface area (Å²) in [5.74, 6) is 1.74. The fourth-order valence-corrected chi connectivity index (χ4v) is 3.39. The summed E-state index contributed by atoms with van der Waals surface area (Å²) in [5, 5.41) is 4.20. The Morgan fingerprint density at radius 2 is 2.03 bits per heavy atom. The van der Waals surface area contributed by atoms with E-state index in [1.54, 1.807) is 6.20 Å². The molecule has 164 valence electrons. The van der Waals surface area contributed by atoms with Crippen molar-refractivity contribution < 1.29 is 14.3 Å². The molecule has 2 aliphatic rings. The van der Waals surface area contributed by atoms with E-state index >= 15 is 0 Å². The summed E-state index contributed by atoms with van der Waals surface area (Å²) in [5.41, 5.74) is 9.02. The van der Waals surface area contributed by atoms with E-state index in [2.05, 4.69) is 35.9 Å². The van der Waals surface area contributed by atoms with Gasteiger partial charge < -0.3 is 24.9 Å². The van der Waals surface area contributed by atoms with Gasteiger partial charge in [-0.25, -0.2) is 9.98 Å². The summed E-state index contributed by atoms with van der Waals surface area (Å²) in [6.07, 6.45) is 2.48. The van der Waals surface area contributed by atoms with Crippen LogP contribution in [0.5, 0.6) is 11.6 Å². The molecule has 0 amide bonds. The van der Waals surface area contributed by atoms with Crippen molar-refractivity contribution in [2.75, 3.05) is 19.8 Å². The Morgan fingerprint density at radius 3 is 2.77 bits per heavy atom. The quantitative estimate of drug-likeness (QED) is 0.680. The maximum absolute atomic E-state index is 6.14. The molecule has 0 bridgehead atoms. The minimum atomic E-state index is -0.0221. The first-order valence-electron chi connectivity index (χ1n) is 10.5. The van der Waals surface area contributed by atoms with Crippen molar-refractivity contribution in [3.05, 3.63) is 48.2 Å². The molecule has 1 atom stereocenters. The van der Waals surface area contributed by atoms with Crippen LogP contribution in [0.2, 0.25) is 0 Å². The van der Waals surface area contributed by atoms with Crippen LogP contribution in [0.1, 0.15) is 32.8 Å². The summed E-state index contributed by atoms with van der Waals surface area (Å²) in [6.45, 7) is 8.70. The third kappa shape index (κ3) is 5.32. The molecule has 3 heterocycles. The molecule has 2 N–H and O–H groups in total. The molecule has 0 saturated carbocycles. The number of pyridine rings is 1. The SMILES string of the molecule is CC(C)(C)C1=NOC(COCCN2Cc3cc(Oc4ccccc4)ncc3N=C2N)C1. The van der Waals surface area contributed by atoms with Crippen LogP contribution in [0, 0.1) is 5.41 Å². The Labute approximate surface area is 182 Å². The first-order valence-corrected chi connectivity index (χ1v) is 10.5. The highest BCUT2D eigenvalue weighted by molar-refractivity contribution is 5.90. The van der Waals surface area contributed by atoms with Gasteiger partial charge >= 0.3 is 0 Å². The van der Waals surface area contributed by atoms with E-state index in [4.69, 9.17) is 20.0 Å². The molecule has 8 nitrogen and oxygen atoms in total. The lowest BCUT2D eigenvalue weighted by atomic mass is 9.87. The van der Waals surface area contributed by atoms with Crippen LogP contribution in [0.3, 0.4) is 0 Å². The molecule has 1 aromatic heterocycles. The van der Waals surface area contributed by atoms with E-state index in [9.17, 15) is 0 Å². The fraction of sp³-hybridized carbons (Fsp3) is 0.435. The highest BCUT2D eigenvalue weighted by Crippen LogP contribution is 2.29. The second-order valence-corrected chi connectivity index (χ2v) is 8.75. The zero-order valence-corrected chi connectivity index (χ0v) is 18.2. The zero-order chi connectivity index (χ0) is 21.8. The molecule has 0 aliphatic carbocycles. The number of hydrogen-bond acceptors (Lipinski definition) is 8. The molecular formula is C23H29N5O3. The van der Waals surface area contributed by atoms with E-state index < -0.39 is 0 Å². The number of ether oxygens (including phenoxy) is 2. The molecule has 8 heteroatoms. The van der Waals surface area contributed by atoms with Crippen molar-refractivity contribution >= 4 is 17.4 Å². The molecular weight excluding hydrogens is 394 g/mol. The van der Waals surface area contributed by atoms with Crippen LogP contribution >= 0.6 is 0 Å². The van der Waals surface area contributed by atoms with Crippen molar-refractivity contribution in [1.29, 1.82) is 0 Å². The first-order chi connectivity index (χ1) is 14.9. The van der Waals surface area contributed by atoms with Crippen LogP contribution < -0.4 is 10.5 Å². The maximum Gasteiger partial charge on any atom is 0.219 e. The number of fused-ring (bicyclic) bond motifs is 1. The largest absolute Gasteiger partial charge is 0.439 e. The van der Waals surface area contributed by atoms with Gasteiger partial charge in [-0.2, -0.15) is 0 Å². The second-order valence-electron chi connectivity index (χ2n) is 8.75. The molecule has 2 aromatic rings. The van der Waals surface area contributed by atoms with Crippen LogP contribution in [-0.4, -0.2) is 47.4 Å². The van der Waals surface area contributed by atoms with Crippen molar-refractivity contribution in [2.45, 2.75) is 39.8 Å². The predicted molar refractivity (Wildman–Crippen MR) is 120 cm³/mol. The lowest BCUT2D eigenvalue weighted by Gasteiger charge is -2.28. The Kier molecular flexibility index (Phi) is 6.08. The number of nitrogens with zero attached hydrogens (tertiary/aromatic N) is 4. The Morgan fingerprint density at radius 1 is 1.23 bits per heavy atom. The molecule has 1 aromatic carbocycles. The van der Waals surface area contributed by atoms with Gasteiger partial charge in [0.2, 0.25) is 5.88 Å². The third-order valence-electron chi connectivity index (χ3n) is 5.23. The van der Waals surface area contributed by atoms with Gasteiger partial charge in [0.25, 0.3) is 0 Å². The predicted octanol–water partition coefficient (Wildman–Crippen LogP) is 3.84. The minimum absolute atomic E-state index is 0.0221. The topological polar surface area (TPSA) is 94.6 Å². The van der Waals surface area contributed by atoms with Gasteiger partial charge in [-0.05, 0) is 12.1 Å². The smallest absolute Gasteiger partial charge is 0.219 e. The summed E-state index contributed by atoms with van der Waals surface area (Å²) in [7, 11) is 0. The molecule has 4 rings (SSSR count). The van der Waals surface area contributed by atoms with Gasteiger partial charge in [0.15, 0.2) is 12.1 Å². The minimum Gasteiger partial charge on any atom is -0.439 e. The number of oxime groups is 1. The lowest BCUT2D eigenvalue weighted by molar-refractivity contribution is 0.000176. The van der Waals surface area contributed by atoms with Gasteiger partial charge in [0, 0.05) is 36.6 Å². The van der Waals surface area contributed by atoms with Crippen molar-refractivity contribution in [3.63, 3.8) is 0 Å². The van der Waals surface area contributed by atoms with E-state index in [1.807, 2.05) is 41.3 Å². The normalized spacial score (nSPS) is 18.2. The van der Waals surface area contributed by atoms with Crippen molar-refractivity contribution in [3.8, 4) is 11.6 Å². The second kappa shape index (κ2) is 8.93. The number of aliphatic imine (C=N–C) groups is 1. The molecule has 2 aliphatic heterocycles. The van der Waals surface area contributed by atoms with Crippen LogP contribution in [0.4, 0.5) is 5.69 Å². The van der Waals surface area contributed by atoms with Crippen LogP contribution in [0.25, 0.3) is 0 Å². The number of rotatable bonds is 7. The summed E-state index contributed by atoms with van der Waals surface area (Å²) in [4.78, 5) is 16.3. The van der Waals surface area contributed by atoms with Crippen molar-refractivity contribution in [2.24, 2.45) is 21.3 Å². The summed E-state index contributed by atoms with van der Waals surface area (Å²) >= 11 is 0. The van der Waals surface area contributed by atoms with E-state index in [-0.39, 0.29) is 11.5 Å². The van der Waals surface area contributed by atoms with E-state index in [1.165, 1.54) is 0 Å². The van der Waals surface area contributed by atoms with E-state index in [0.29, 0.717) is 38.1 Å². The number of nitrogens with two attached hydrogens (primary N) is 1. The monoisotopic (exact) mass is 423 g/mol. The van der Waals surface area contributed by atoms with Gasteiger partial charge in [-0.1, -0.05) is 44.1 Å². The molecule has 31 heavy (non-hydrogen) atoms. The average molecular weight is 424 g/mol. The number of guanidine groups is 1. The molecule has 1 unspecified atom stereocenters. The summed E-state index contributed by atoms with van der Waals surface area (Å²) < 4.78 is 11.7.